The molecule has 1 aliphatic rings. The van der Waals surface area contributed by atoms with Crippen molar-refractivity contribution in [1.29, 1.82) is 0 Å². The molecule has 29 heavy (non-hydrogen) atoms. The molecule has 0 fully saturated rings. The molecule has 0 aliphatic carbocycles. The number of benzene rings is 1. The molecule has 3 heterocycles. The molecule has 0 atom stereocenters. The molecule has 0 saturated heterocycles. The predicted octanol–water partition coefficient (Wildman–Crippen LogP) is 3.91. The van der Waals surface area contributed by atoms with Gasteiger partial charge in [-0.1, -0.05) is 6.07 Å². The molecular formula is C22H21NO5S. The number of Topliss-reactive ketones (excluding diaryl/α,β-unsaturated/α-hetero) is 1. The summed E-state index contributed by atoms with van der Waals surface area (Å²) in [5.41, 5.74) is 4.34. The van der Waals surface area contributed by atoms with Crippen LogP contribution in [-0.2, 0) is 22.5 Å². The largest absolute Gasteiger partial charge is 0.457 e. The molecule has 0 unspecified atom stereocenters. The van der Waals surface area contributed by atoms with E-state index in [-0.39, 0.29) is 25.6 Å². The summed E-state index contributed by atoms with van der Waals surface area (Å²) in [5.74, 6) is 0.883. The molecule has 1 aromatic carbocycles. The number of ketones is 1. The van der Waals surface area contributed by atoms with Gasteiger partial charge in [-0.15, -0.1) is 0 Å². The predicted molar refractivity (Wildman–Crippen MR) is 109 cm³/mol. The Bertz CT molecular complexity index is 1050. The van der Waals surface area contributed by atoms with E-state index in [1.54, 1.807) is 0 Å². The fourth-order valence-corrected chi connectivity index (χ4v) is 4.05. The summed E-state index contributed by atoms with van der Waals surface area (Å²) in [6.07, 6.45) is 0.180. The summed E-state index contributed by atoms with van der Waals surface area (Å²) in [6, 6.07) is 9.55. The first-order valence-corrected chi connectivity index (χ1v) is 10.2. The fourth-order valence-electron chi connectivity index (χ4n) is 3.38. The molecule has 1 aliphatic heterocycles. The van der Waals surface area contributed by atoms with Gasteiger partial charge < -0.3 is 18.8 Å². The van der Waals surface area contributed by atoms with Gasteiger partial charge in [0.15, 0.2) is 18.1 Å². The van der Waals surface area contributed by atoms with E-state index in [0.29, 0.717) is 12.1 Å². The monoisotopic (exact) mass is 411 g/mol. The minimum absolute atomic E-state index is 0.180. The lowest BCUT2D eigenvalue weighted by atomic mass is 10.1. The van der Waals surface area contributed by atoms with Crippen molar-refractivity contribution in [1.82, 2.24) is 4.57 Å². The van der Waals surface area contributed by atoms with Crippen molar-refractivity contribution >= 4 is 23.1 Å². The van der Waals surface area contributed by atoms with Crippen LogP contribution >= 0.6 is 11.3 Å². The molecule has 0 amide bonds. The van der Waals surface area contributed by atoms with Gasteiger partial charge in [-0.05, 0) is 60.0 Å². The second kappa shape index (κ2) is 8.13. The number of aromatic nitrogens is 1. The molecule has 0 radical (unpaired) electrons. The quantitative estimate of drug-likeness (QED) is 0.436. The lowest BCUT2D eigenvalue weighted by Gasteiger charge is -2.11. The first-order chi connectivity index (χ1) is 14.0. The number of ether oxygens (including phenoxy) is 3. The van der Waals surface area contributed by atoms with Crippen LogP contribution in [0.2, 0.25) is 0 Å². The van der Waals surface area contributed by atoms with E-state index in [0.717, 1.165) is 34.0 Å². The molecule has 6 nitrogen and oxygen atoms in total. The number of nitrogens with zero attached hydrogens (tertiary/aromatic N) is 1. The van der Waals surface area contributed by atoms with E-state index < -0.39 is 5.97 Å². The van der Waals surface area contributed by atoms with E-state index in [9.17, 15) is 9.59 Å². The molecule has 3 aromatic rings. The Morgan fingerprint density at radius 3 is 2.72 bits per heavy atom. The smallest absolute Gasteiger partial charge is 0.310 e. The van der Waals surface area contributed by atoms with Crippen molar-refractivity contribution in [3.63, 3.8) is 0 Å². The summed E-state index contributed by atoms with van der Waals surface area (Å²) in [5, 5.41) is 3.80. The number of rotatable bonds is 7. The Morgan fingerprint density at radius 1 is 1.10 bits per heavy atom. The average Bonchev–Trinajstić information content (AvgIpc) is 3.43. The Morgan fingerprint density at radius 2 is 1.93 bits per heavy atom. The minimum Gasteiger partial charge on any atom is -0.457 e. The standard InChI is InChI=1S/C22H21NO5S/c1-14-7-18(19(24)11-26-22(25)9-17-5-6-29-12-17)15(2)23(14)10-16-3-4-20-21(8-16)28-13-27-20/h3-8,12H,9-11,13H2,1-2H3. The summed E-state index contributed by atoms with van der Waals surface area (Å²) in [7, 11) is 0. The van der Waals surface area contributed by atoms with Crippen LogP contribution in [0.3, 0.4) is 0 Å². The van der Waals surface area contributed by atoms with Gasteiger partial charge in [-0.2, -0.15) is 11.3 Å². The highest BCUT2D eigenvalue weighted by molar-refractivity contribution is 7.08. The summed E-state index contributed by atoms with van der Waals surface area (Å²) in [4.78, 5) is 24.6. The third-order valence-electron chi connectivity index (χ3n) is 4.94. The van der Waals surface area contributed by atoms with Crippen LogP contribution < -0.4 is 9.47 Å². The van der Waals surface area contributed by atoms with Crippen LogP contribution in [0.5, 0.6) is 11.5 Å². The number of esters is 1. The van der Waals surface area contributed by atoms with Crippen molar-refractivity contribution in [3.8, 4) is 11.5 Å². The molecule has 0 saturated carbocycles. The highest BCUT2D eigenvalue weighted by Gasteiger charge is 2.19. The van der Waals surface area contributed by atoms with E-state index >= 15 is 0 Å². The highest BCUT2D eigenvalue weighted by Crippen LogP contribution is 2.33. The van der Waals surface area contributed by atoms with Crippen molar-refractivity contribution in [2.45, 2.75) is 26.8 Å². The van der Waals surface area contributed by atoms with Crippen LogP contribution in [0.4, 0.5) is 0 Å². The summed E-state index contributed by atoms with van der Waals surface area (Å²) < 4.78 is 18.0. The maximum absolute atomic E-state index is 12.6. The van der Waals surface area contributed by atoms with E-state index in [1.165, 1.54) is 11.3 Å². The van der Waals surface area contributed by atoms with Crippen LogP contribution in [-0.4, -0.2) is 29.7 Å². The molecule has 2 aromatic heterocycles. The van der Waals surface area contributed by atoms with E-state index in [1.807, 2.05) is 54.9 Å². The van der Waals surface area contributed by atoms with Crippen molar-refractivity contribution in [2.75, 3.05) is 13.4 Å². The number of fused-ring (bicyclic) bond motifs is 1. The van der Waals surface area contributed by atoms with Gasteiger partial charge >= 0.3 is 5.97 Å². The summed E-state index contributed by atoms with van der Waals surface area (Å²) >= 11 is 1.52. The van der Waals surface area contributed by atoms with Crippen molar-refractivity contribution in [3.05, 3.63) is 69.2 Å². The Labute approximate surface area is 172 Å². The van der Waals surface area contributed by atoms with Gasteiger partial charge in [-0.25, -0.2) is 0 Å². The second-order valence-corrected chi connectivity index (χ2v) is 7.73. The van der Waals surface area contributed by atoms with E-state index in [2.05, 4.69) is 4.57 Å². The fraction of sp³-hybridized carbons (Fsp3) is 0.273. The van der Waals surface area contributed by atoms with Gasteiger partial charge in [0.05, 0.1) is 6.42 Å². The molecule has 4 rings (SSSR count). The molecular weight excluding hydrogens is 390 g/mol. The minimum atomic E-state index is -0.397. The van der Waals surface area contributed by atoms with Crippen LogP contribution in [0.15, 0.2) is 41.1 Å². The molecule has 150 valence electrons. The lowest BCUT2D eigenvalue weighted by Crippen LogP contribution is -2.16. The summed E-state index contributed by atoms with van der Waals surface area (Å²) in [6.45, 7) is 4.46. The van der Waals surface area contributed by atoms with Crippen molar-refractivity contribution in [2.24, 2.45) is 0 Å². The van der Waals surface area contributed by atoms with Gasteiger partial charge in [-0.3, -0.25) is 9.59 Å². The Hall–Kier alpha value is -3.06. The molecule has 0 spiro atoms. The van der Waals surface area contributed by atoms with Crippen molar-refractivity contribution < 1.29 is 23.8 Å². The maximum atomic E-state index is 12.6. The second-order valence-electron chi connectivity index (χ2n) is 6.95. The van der Waals surface area contributed by atoms with Gasteiger partial charge in [0, 0.05) is 23.5 Å². The molecule has 7 heteroatoms. The van der Waals surface area contributed by atoms with Gasteiger partial charge in [0.2, 0.25) is 12.6 Å². The van der Waals surface area contributed by atoms with Gasteiger partial charge in [0.25, 0.3) is 0 Å². The maximum Gasteiger partial charge on any atom is 0.310 e. The zero-order valence-electron chi connectivity index (χ0n) is 16.3. The number of aryl methyl sites for hydroxylation is 1. The zero-order chi connectivity index (χ0) is 20.4. The van der Waals surface area contributed by atoms with Crippen LogP contribution in [0.1, 0.15) is 32.9 Å². The molecule has 0 N–H and O–H groups in total. The number of hydrogen-bond acceptors (Lipinski definition) is 6. The third-order valence-corrected chi connectivity index (χ3v) is 5.68. The first kappa shape index (κ1) is 19.3. The number of hydrogen-bond donors (Lipinski definition) is 0. The van der Waals surface area contributed by atoms with Crippen LogP contribution in [0, 0.1) is 13.8 Å². The topological polar surface area (TPSA) is 66.8 Å². The van der Waals surface area contributed by atoms with Gasteiger partial charge in [0.1, 0.15) is 0 Å². The SMILES string of the molecule is Cc1cc(C(=O)COC(=O)Cc2ccsc2)c(C)n1Cc1ccc2c(c1)OCO2. The highest BCUT2D eigenvalue weighted by atomic mass is 32.1. The van der Waals surface area contributed by atoms with E-state index in [4.69, 9.17) is 14.2 Å². The average molecular weight is 411 g/mol. The first-order valence-electron chi connectivity index (χ1n) is 9.26. The molecule has 0 bridgehead atoms. The third kappa shape index (κ3) is 4.19. The Kier molecular flexibility index (Phi) is 5.40. The zero-order valence-corrected chi connectivity index (χ0v) is 17.1. The Balaban J connectivity index is 1.42. The number of thiophene rings is 1. The number of carbonyl (C=O) groups is 2. The lowest BCUT2D eigenvalue weighted by molar-refractivity contribution is -0.141. The number of carbonyl (C=O) groups excluding carboxylic acids is 2. The van der Waals surface area contributed by atoms with Crippen LogP contribution in [0.25, 0.3) is 0 Å². The normalized spacial score (nSPS) is 12.2.